The predicted octanol–water partition coefficient (Wildman–Crippen LogP) is 1.64. The lowest BCUT2D eigenvalue weighted by molar-refractivity contribution is 0.770. The highest BCUT2D eigenvalue weighted by Crippen LogP contribution is 2.15. The maximum atomic E-state index is 6.00. The Balaban J connectivity index is 2.38. The van der Waals surface area contributed by atoms with Gasteiger partial charge in [-0.3, -0.25) is 0 Å². The summed E-state index contributed by atoms with van der Waals surface area (Å²) in [5, 5.41) is 7.80. The molecule has 5 heteroatoms. The van der Waals surface area contributed by atoms with Crippen LogP contribution in [0.3, 0.4) is 0 Å². The minimum atomic E-state index is 0.647. The van der Waals surface area contributed by atoms with E-state index in [1.165, 1.54) is 0 Å². The molecule has 2 rings (SSSR count). The standard InChI is InChI=1S/C10H11ClN4/c1-12-7-9-8(11)3-4-10(14-9)15-6-2-5-13-15/h2-6,12H,7H2,1H3. The SMILES string of the molecule is CNCc1nc(-n2cccn2)ccc1Cl. The van der Waals surface area contributed by atoms with Crippen LogP contribution in [0.5, 0.6) is 0 Å². The third-order valence-corrected chi connectivity index (χ3v) is 2.33. The summed E-state index contributed by atoms with van der Waals surface area (Å²) in [5.41, 5.74) is 0.826. The van der Waals surface area contributed by atoms with Crippen molar-refractivity contribution < 1.29 is 0 Å². The molecule has 2 aromatic rings. The smallest absolute Gasteiger partial charge is 0.153 e. The van der Waals surface area contributed by atoms with Gasteiger partial charge in [-0.2, -0.15) is 5.10 Å². The highest BCUT2D eigenvalue weighted by atomic mass is 35.5. The maximum Gasteiger partial charge on any atom is 0.153 e. The first kappa shape index (κ1) is 10.1. The highest BCUT2D eigenvalue weighted by molar-refractivity contribution is 6.31. The molecular formula is C10H11ClN4. The van der Waals surface area contributed by atoms with Gasteiger partial charge in [0.25, 0.3) is 0 Å². The van der Waals surface area contributed by atoms with E-state index in [0.717, 1.165) is 11.5 Å². The van der Waals surface area contributed by atoms with Crippen molar-refractivity contribution in [3.8, 4) is 5.82 Å². The Labute approximate surface area is 92.9 Å². The number of hydrogen-bond donors (Lipinski definition) is 1. The summed E-state index contributed by atoms with van der Waals surface area (Å²) in [6.07, 6.45) is 3.56. The Hall–Kier alpha value is -1.39. The lowest BCUT2D eigenvalue weighted by Crippen LogP contribution is -2.09. The van der Waals surface area contributed by atoms with Crippen LogP contribution in [0.4, 0.5) is 0 Å². The number of nitrogens with zero attached hydrogens (tertiary/aromatic N) is 3. The van der Waals surface area contributed by atoms with Crippen LogP contribution in [0.1, 0.15) is 5.69 Å². The number of halogens is 1. The molecule has 0 aliphatic carbocycles. The monoisotopic (exact) mass is 222 g/mol. The summed E-state index contributed by atoms with van der Waals surface area (Å²) in [7, 11) is 1.86. The van der Waals surface area contributed by atoms with Crippen molar-refractivity contribution in [2.24, 2.45) is 0 Å². The molecule has 0 amide bonds. The normalized spacial score (nSPS) is 10.5. The fraction of sp³-hybridized carbons (Fsp3) is 0.200. The molecule has 15 heavy (non-hydrogen) atoms. The zero-order chi connectivity index (χ0) is 10.7. The second-order valence-electron chi connectivity index (χ2n) is 3.08. The minimum Gasteiger partial charge on any atom is -0.314 e. The van der Waals surface area contributed by atoms with E-state index in [-0.39, 0.29) is 0 Å². The van der Waals surface area contributed by atoms with Gasteiger partial charge in [0.2, 0.25) is 0 Å². The van der Waals surface area contributed by atoms with Crippen molar-refractivity contribution in [3.05, 3.63) is 41.3 Å². The van der Waals surface area contributed by atoms with Crippen LogP contribution in [0.2, 0.25) is 5.02 Å². The molecule has 0 spiro atoms. The minimum absolute atomic E-state index is 0.647. The average molecular weight is 223 g/mol. The maximum absolute atomic E-state index is 6.00. The molecule has 78 valence electrons. The van der Waals surface area contributed by atoms with E-state index in [1.54, 1.807) is 10.9 Å². The first-order valence-corrected chi connectivity index (χ1v) is 4.99. The van der Waals surface area contributed by atoms with Crippen molar-refractivity contribution >= 4 is 11.6 Å². The van der Waals surface area contributed by atoms with Gasteiger partial charge in [-0.1, -0.05) is 11.6 Å². The number of hydrogen-bond acceptors (Lipinski definition) is 3. The summed E-state index contributed by atoms with van der Waals surface area (Å²) < 4.78 is 1.70. The summed E-state index contributed by atoms with van der Waals surface area (Å²) in [4.78, 5) is 4.41. The van der Waals surface area contributed by atoms with Gasteiger partial charge < -0.3 is 5.32 Å². The molecule has 0 saturated heterocycles. The molecule has 0 aliphatic rings. The van der Waals surface area contributed by atoms with E-state index >= 15 is 0 Å². The lowest BCUT2D eigenvalue weighted by Gasteiger charge is -2.05. The first-order valence-electron chi connectivity index (χ1n) is 4.61. The van der Waals surface area contributed by atoms with Crippen LogP contribution in [0, 0.1) is 0 Å². The molecule has 0 aromatic carbocycles. The Bertz CT molecular complexity index is 439. The number of rotatable bonds is 3. The van der Waals surface area contributed by atoms with E-state index in [0.29, 0.717) is 11.6 Å². The fourth-order valence-electron chi connectivity index (χ4n) is 1.30. The van der Waals surface area contributed by atoms with Crippen molar-refractivity contribution in [1.29, 1.82) is 0 Å². The molecule has 0 fully saturated rings. The van der Waals surface area contributed by atoms with Gasteiger partial charge in [-0.15, -0.1) is 0 Å². The van der Waals surface area contributed by atoms with Crippen molar-refractivity contribution in [1.82, 2.24) is 20.1 Å². The molecule has 0 saturated carbocycles. The Morgan fingerprint density at radius 1 is 1.47 bits per heavy atom. The van der Waals surface area contributed by atoms with E-state index in [1.807, 2.05) is 31.4 Å². The van der Waals surface area contributed by atoms with E-state index in [2.05, 4.69) is 15.4 Å². The van der Waals surface area contributed by atoms with Crippen molar-refractivity contribution in [2.75, 3.05) is 7.05 Å². The molecule has 2 aromatic heterocycles. The number of aromatic nitrogens is 3. The predicted molar refractivity (Wildman–Crippen MR) is 59.1 cm³/mol. The zero-order valence-corrected chi connectivity index (χ0v) is 9.07. The molecule has 0 bridgehead atoms. The summed E-state index contributed by atoms with van der Waals surface area (Å²) >= 11 is 6.00. The number of pyridine rings is 1. The second-order valence-corrected chi connectivity index (χ2v) is 3.49. The third kappa shape index (κ3) is 2.16. The van der Waals surface area contributed by atoms with E-state index in [4.69, 9.17) is 11.6 Å². The molecule has 0 aliphatic heterocycles. The molecule has 0 atom stereocenters. The molecule has 1 N–H and O–H groups in total. The van der Waals surface area contributed by atoms with Gasteiger partial charge in [-0.25, -0.2) is 9.67 Å². The molecule has 0 unspecified atom stereocenters. The topological polar surface area (TPSA) is 42.7 Å². The van der Waals surface area contributed by atoms with Crippen LogP contribution in [-0.2, 0) is 6.54 Å². The van der Waals surface area contributed by atoms with Crippen LogP contribution in [-0.4, -0.2) is 21.8 Å². The number of nitrogens with one attached hydrogen (secondary N) is 1. The van der Waals surface area contributed by atoms with Gasteiger partial charge in [0, 0.05) is 18.9 Å². The molecule has 4 nitrogen and oxygen atoms in total. The van der Waals surface area contributed by atoms with Crippen molar-refractivity contribution in [3.63, 3.8) is 0 Å². The largest absolute Gasteiger partial charge is 0.314 e. The summed E-state index contributed by atoms with van der Waals surface area (Å²) in [5.74, 6) is 0.773. The Morgan fingerprint density at radius 3 is 3.00 bits per heavy atom. The van der Waals surface area contributed by atoms with Crippen LogP contribution in [0.15, 0.2) is 30.6 Å². The molecule has 0 radical (unpaired) electrons. The zero-order valence-electron chi connectivity index (χ0n) is 8.31. The molecule has 2 heterocycles. The average Bonchev–Trinajstić information content (AvgIpc) is 2.75. The molecular weight excluding hydrogens is 212 g/mol. The first-order chi connectivity index (χ1) is 7.31. The Morgan fingerprint density at radius 2 is 2.33 bits per heavy atom. The van der Waals surface area contributed by atoms with Gasteiger partial charge in [0.1, 0.15) is 0 Å². The second kappa shape index (κ2) is 4.42. The summed E-state index contributed by atoms with van der Waals surface area (Å²) in [6, 6.07) is 5.53. The Kier molecular flexibility index (Phi) is 2.99. The van der Waals surface area contributed by atoms with E-state index in [9.17, 15) is 0 Å². The van der Waals surface area contributed by atoms with Crippen LogP contribution < -0.4 is 5.32 Å². The fourth-order valence-corrected chi connectivity index (χ4v) is 1.47. The third-order valence-electron chi connectivity index (χ3n) is 1.99. The highest BCUT2D eigenvalue weighted by Gasteiger charge is 2.04. The van der Waals surface area contributed by atoms with Gasteiger partial charge in [-0.05, 0) is 25.2 Å². The van der Waals surface area contributed by atoms with Crippen LogP contribution >= 0.6 is 11.6 Å². The van der Waals surface area contributed by atoms with Crippen LogP contribution in [0.25, 0.3) is 5.82 Å². The van der Waals surface area contributed by atoms with Crippen molar-refractivity contribution in [2.45, 2.75) is 6.54 Å². The summed E-state index contributed by atoms with van der Waals surface area (Å²) in [6.45, 7) is 0.647. The van der Waals surface area contributed by atoms with Gasteiger partial charge in [0.15, 0.2) is 5.82 Å². The van der Waals surface area contributed by atoms with Gasteiger partial charge in [0.05, 0.1) is 10.7 Å². The van der Waals surface area contributed by atoms with E-state index < -0.39 is 0 Å². The quantitative estimate of drug-likeness (QED) is 0.859. The van der Waals surface area contributed by atoms with Gasteiger partial charge >= 0.3 is 0 Å². The lowest BCUT2D eigenvalue weighted by atomic mass is 10.3.